The maximum absolute atomic E-state index is 13.2. The lowest BCUT2D eigenvalue weighted by Crippen LogP contribution is -2.15. The van der Waals surface area contributed by atoms with Crippen molar-refractivity contribution in [1.29, 1.82) is 0 Å². The fraction of sp³-hybridized carbons (Fsp3) is 0.286. The minimum absolute atomic E-state index is 0.00610. The van der Waals surface area contributed by atoms with E-state index in [1.807, 2.05) is 13.8 Å². The van der Waals surface area contributed by atoms with Crippen LogP contribution in [0.5, 0.6) is 0 Å². The molecule has 2 N–H and O–H groups in total. The summed E-state index contributed by atoms with van der Waals surface area (Å²) >= 11 is 3.23. The Morgan fingerprint density at radius 2 is 2.00 bits per heavy atom. The summed E-state index contributed by atoms with van der Waals surface area (Å²) in [5, 5.41) is 8.80. The van der Waals surface area contributed by atoms with E-state index in [2.05, 4.69) is 31.4 Å². The number of nitrogens with zero attached hydrogens (tertiary/aromatic N) is 1. The normalized spacial score (nSPS) is 11.8. The van der Waals surface area contributed by atoms with Gasteiger partial charge in [0.2, 0.25) is 0 Å². The van der Waals surface area contributed by atoms with E-state index in [0.29, 0.717) is 22.3 Å². The highest BCUT2D eigenvalue weighted by atomic mass is 79.9. The zero-order chi connectivity index (χ0) is 17.4. The van der Waals surface area contributed by atoms with Crippen LogP contribution in [0.15, 0.2) is 22.7 Å². The van der Waals surface area contributed by atoms with Gasteiger partial charge in [0.1, 0.15) is 5.82 Å². The molecule has 0 saturated carbocycles. The fourth-order valence-corrected chi connectivity index (χ4v) is 2.70. The summed E-state index contributed by atoms with van der Waals surface area (Å²) in [7, 11) is 0. The van der Waals surface area contributed by atoms with Crippen LogP contribution in [-0.4, -0.2) is 16.1 Å². The Labute approximate surface area is 137 Å². The molecule has 1 amide bonds. The Kier molecular flexibility index (Phi) is 4.79. The molecule has 0 atom stereocenters. The number of H-pyrrole nitrogens is 1. The van der Waals surface area contributed by atoms with E-state index in [1.165, 1.54) is 0 Å². The number of aromatic amines is 1. The number of nitrogens with one attached hydrogen (secondary N) is 2. The van der Waals surface area contributed by atoms with Crippen molar-refractivity contribution in [3.63, 3.8) is 0 Å². The monoisotopic (exact) mass is 393 g/mol. The number of amides is 1. The van der Waals surface area contributed by atoms with Gasteiger partial charge in [0.05, 0.1) is 15.7 Å². The predicted molar refractivity (Wildman–Crippen MR) is 79.7 cm³/mol. The molecule has 23 heavy (non-hydrogen) atoms. The van der Waals surface area contributed by atoms with Gasteiger partial charge in [-0.25, -0.2) is 4.39 Å². The molecule has 2 aromatic rings. The van der Waals surface area contributed by atoms with E-state index in [4.69, 9.17) is 0 Å². The van der Waals surface area contributed by atoms with E-state index in [9.17, 15) is 22.4 Å². The molecule has 0 unspecified atom stereocenters. The molecule has 1 aromatic heterocycles. The molecule has 0 bridgehead atoms. The van der Waals surface area contributed by atoms with E-state index < -0.39 is 23.5 Å². The molecular weight excluding hydrogens is 382 g/mol. The summed E-state index contributed by atoms with van der Waals surface area (Å²) in [6.45, 7) is 3.77. The van der Waals surface area contributed by atoms with Gasteiger partial charge in [-0.3, -0.25) is 9.89 Å². The van der Waals surface area contributed by atoms with Crippen molar-refractivity contribution >= 4 is 27.5 Å². The molecule has 4 nitrogen and oxygen atoms in total. The van der Waals surface area contributed by atoms with E-state index in [0.717, 1.165) is 6.07 Å². The minimum Gasteiger partial charge on any atom is -0.321 e. The van der Waals surface area contributed by atoms with Crippen LogP contribution in [0.4, 0.5) is 23.2 Å². The fourth-order valence-electron chi connectivity index (χ4n) is 1.89. The van der Waals surface area contributed by atoms with Crippen LogP contribution in [0.3, 0.4) is 0 Å². The molecule has 0 aliphatic rings. The van der Waals surface area contributed by atoms with Crippen LogP contribution in [0.2, 0.25) is 0 Å². The highest BCUT2D eigenvalue weighted by Crippen LogP contribution is 2.33. The molecule has 0 spiro atoms. The third-order valence-electron chi connectivity index (χ3n) is 3.05. The number of halogens is 5. The van der Waals surface area contributed by atoms with Crippen molar-refractivity contribution in [3.8, 4) is 0 Å². The standard InChI is InChI=1S/C14H12BrF4N3O/c1-6(2)11-10(15)12(22-21-11)13(23)20-7-3-4-9(16)8(5-7)14(17,18)19/h3-6H,1-2H3,(H,20,23)(H,21,22). The number of aromatic nitrogens is 2. The minimum atomic E-state index is -4.84. The quantitative estimate of drug-likeness (QED) is 0.742. The second-order valence-corrected chi connectivity index (χ2v) is 5.89. The van der Waals surface area contributed by atoms with Crippen LogP contribution in [-0.2, 0) is 6.18 Å². The molecule has 1 heterocycles. The number of alkyl halides is 3. The molecule has 0 fully saturated rings. The summed E-state index contributed by atoms with van der Waals surface area (Å²) in [5.74, 6) is -2.04. The molecule has 1 aromatic carbocycles. The summed E-state index contributed by atoms with van der Waals surface area (Å²) in [4.78, 5) is 12.1. The topological polar surface area (TPSA) is 57.8 Å². The lowest BCUT2D eigenvalue weighted by molar-refractivity contribution is -0.139. The molecule has 0 aliphatic carbocycles. The van der Waals surface area contributed by atoms with Gasteiger partial charge in [-0.15, -0.1) is 0 Å². The van der Waals surface area contributed by atoms with E-state index >= 15 is 0 Å². The maximum atomic E-state index is 13.2. The van der Waals surface area contributed by atoms with Crippen LogP contribution >= 0.6 is 15.9 Å². The van der Waals surface area contributed by atoms with Crippen LogP contribution < -0.4 is 5.32 Å². The zero-order valence-corrected chi connectivity index (χ0v) is 13.6. The van der Waals surface area contributed by atoms with Crippen molar-refractivity contribution in [2.45, 2.75) is 25.9 Å². The summed E-state index contributed by atoms with van der Waals surface area (Å²) < 4.78 is 51.7. The highest BCUT2D eigenvalue weighted by molar-refractivity contribution is 9.10. The van der Waals surface area contributed by atoms with Crippen molar-refractivity contribution in [2.24, 2.45) is 0 Å². The number of carbonyl (C=O) groups excluding carboxylic acids is 1. The van der Waals surface area contributed by atoms with E-state index in [1.54, 1.807) is 0 Å². The Bertz CT molecular complexity index is 740. The van der Waals surface area contributed by atoms with Gasteiger partial charge >= 0.3 is 6.18 Å². The van der Waals surface area contributed by atoms with E-state index in [-0.39, 0.29) is 17.3 Å². The zero-order valence-electron chi connectivity index (χ0n) is 12.1. The van der Waals surface area contributed by atoms with Crippen molar-refractivity contribution in [3.05, 3.63) is 45.4 Å². The SMILES string of the molecule is CC(C)c1[nH]nc(C(=O)Nc2ccc(F)c(C(F)(F)F)c2)c1Br. The number of benzene rings is 1. The molecule has 124 valence electrons. The summed E-state index contributed by atoms with van der Waals surface area (Å²) in [5.41, 5.74) is -0.930. The largest absolute Gasteiger partial charge is 0.419 e. The molecular formula is C14H12BrF4N3O. The van der Waals surface area contributed by atoms with Gasteiger partial charge < -0.3 is 5.32 Å². The third kappa shape index (κ3) is 3.72. The Balaban J connectivity index is 2.28. The van der Waals surface area contributed by atoms with Crippen molar-refractivity contribution < 1.29 is 22.4 Å². The second kappa shape index (κ2) is 6.31. The van der Waals surface area contributed by atoms with Gasteiger partial charge in [0.15, 0.2) is 5.69 Å². The van der Waals surface area contributed by atoms with Gasteiger partial charge in [-0.2, -0.15) is 18.3 Å². The van der Waals surface area contributed by atoms with Gasteiger partial charge in [-0.1, -0.05) is 13.8 Å². The van der Waals surface area contributed by atoms with Crippen molar-refractivity contribution in [2.75, 3.05) is 5.32 Å². The average molecular weight is 394 g/mol. The maximum Gasteiger partial charge on any atom is 0.419 e. The average Bonchev–Trinajstić information content (AvgIpc) is 2.81. The van der Waals surface area contributed by atoms with Gasteiger partial charge in [0, 0.05) is 5.69 Å². The molecule has 0 aliphatic heterocycles. The number of anilines is 1. The molecule has 9 heteroatoms. The smallest absolute Gasteiger partial charge is 0.321 e. The lowest BCUT2D eigenvalue weighted by Gasteiger charge is -2.10. The van der Waals surface area contributed by atoms with Crippen LogP contribution in [0, 0.1) is 5.82 Å². The Morgan fingerprint density at radius 1 is 1.35 bits per heavy atom. The number of hydrogen-bond acceptors (Lipinski definition) is 2. The van der Waals surface area contributed by atoms with Gasteiger partial charge in [-0.05, 0) is 40.0 Å². The van der Waals surface area contributed by atoms with Gasteiger partial charge in [0.25, 0.3) is 5.91 Å². The first-order valence-corrected chi connectivity index (χ1v) is 7.32. The van der Waals surface area contributed by atoms with Crippen LogP contribution in [0.1, 0.15) is 41.5 Å². The first kappa shape index (κ1) is 17.5. The first-order chi connectivity index (χ1) is 10.6. The number of hydrogen-bond donors (Lipinski definition) is 2. The van der Waals surface area contributed by atoms with Crippen LogP contribution in [0.25, 0.3) is 0 Å². The summed E-state index contributed by atoms with van der Waals surface area (Å²) in [6, 6.07) is 2.24. The first-order valence-electron chi connectivity index (χ1n) is 6.53. The predicted octanol–water partition coefficient (Wildman–Crippen LogP) is 4.71. The van der Waals surface area contributed by atoms with Crippen molar-refractivity contribution in [1.82, 2.24) is 10.2 Å². The number of rotatable bonds is 3. The Hall–Kier alpha value is -1.90. The highest BCUT2D eigenvalue weighted by Gasteiger charge is 2.34. The molecule has 2 rings (SSSR count). The molecule has 0 radical (unpaired) electrons. The Morgan fingerprint density at radius 3 is 2.52 bits per heavy atom. The molecule has 0 saturated heterocycles. The second-order valence-electron chi connectivity index (χ2n) is 5.10. The third-order valence-corrected chi connectivity index (χ3v) is 3.86. The lowest BCUT2D eigenvalue weighted by atomic mass is 10.1. The number of carbonyl (C=O) groups is 1. The summed E-state index contributed by atoms with van der Waals surface area (Å²) in [6.07, 6.45) is -4.84.